The van der Waals surface area contributed by atoms with Crippen molar-refractivity contribution in [1.82, 2.24) is 0 Å². The third-order valence-electron chi connectivity index (χ3n) is 3.31. The summed E-state index contributed by atoms with van der Waals surface area (Å²) >= 11 is 2.05. The van der Waals surface area contributed by atoms with Crippen LogP contribution in [0.4, 0.5) is 0 Å². The molecule has 122 valence electrons. The quantitative estimate of drug-likeness (QED) is 0.505. The maximum absolute atomic E-state index is 12.5. The molecule has 0 aromatic heterocycles. The van der Waals surface area contributed by atoms with Gasteiger partial charge >= 0.3 is 0 Å². The molecule has 23 heavy (non-hydrogen) atoms. The van der Waals surface area contributed by atoms with E-state index in [-0.39, 0.29) is 11.5 Å². The molecule has 0 amide bonds. The molecule has 0 N–H and O–H groups in total. The van der Waals surface area contributed by atoms with Gasteiger partial charge in [0.2, 0.25) is 0 Å². The van der Waals surface area contributed by atoms with Crippen LogP contribution in [0.2, 0.25) is 0 Å². The third-order valence-corrected chi connectivity index (χ3v) is 5.75. The minimum atomic E-state index is -1.38. The van der Waals surface area contributed by atoms with Gasteiger partial charge in [-0.3, -0.25) is 9.00 Å². The number of methoxy groups -OCH3 is 2. The summed E-state index contributed by atoms with van der Waals surface area (Å²) in [5.41, 5.74) is 1.55. The number of hydrogen-bond donors (Lipinski definition) is 0. The monoisotopic (exact) mass is 444 g/mol. The molecule has 2 aromatic carbocycles. The summed E-state index contributed by atoms with van der Waals surface area (Å²) in [6.45, 7) is 1.96. The highest BCUT2D eigenvalue weighted by Gasteiger charge is 2.19. The smallest absolute Gasteiger partial charge is 0.177 e. The van der Waals surface area contributed by atoms with Gasteiger partial charge in [-0.1, -0.05) is 17.7 Å². The van der Waals surface area contributed by atoms with Gasteiger partial charge in [0.05, 0.1) is 34.3 Å². The molecule has 0 aliphatic heterocycles. The number of aryl methyl sites for hydroxylation is 1. The molecule has 6 heteroatoms. The highest BCUT2D eigenvalue weighted by atomic mass is 127. The van der Waals surface area contributed by atoms with E-state index in [1.54, 1.807) is 24.3 Å². The number of halogens is 1. The maximum Gasteiger partial charge on any atom is 0.177 e. The van der Waals surface area contributed by atoms with Gasteiger partial charge in [-0.2, -0.15) is 0 Å². The molecule has 0 saturated carbocycles. The number of rotatable bonds is 6. The van der Waals surface area contributed by atoms with Crippen LogP contribution in [0.15, 0.2) is 41.3 Å². The summed E-state index contributed by atoms with van der Waals surface area (Å²) in [4.78, 5) is 13.2. The first kappa shape index (κ1) is 17.9. The van der Waals surface area contributed by atoms with Crippen LogP contribution in [-0.4, -0.2) is 30.0 Å². The van der Waals surface area contributed by atoms with Gasteiger partial charge in [0.1, 0.15) is 11.5 Å². The van der Waals surface area contributed by atoms with Crippen LogP contribution in [0, 0.1) is 10.5 Å². The third kappa shape index (κ3) is 4.32. The number of carbonyl (C=O) groups excluding carboxylic acids is 1. The molecular formula is C17H17IO4S. The SMILES string of the molecule is COc1cc(OC)c(I)c(C(=O)C[S@@](=O)c2ccc(C)cc2)c1. The summed E-state index contributed by atoms with van der Waals surface area (Å²) in [5, 5.41) is 0. The van der Waals surface area contributed by atoms with Crippen molar-refractivity contribution in [2.24, 2.45) is 0 Å². The van der Waals surface area contributed by atoms with Crippen molar-refractivity contribution in [1.29, 1.82) is 0 Å². The van der Waals surface area contributed by atoms with Crippen molar-refractivity contribution in [3.63, 3.8) is 0 Å². The summed E-state index contributed by atoms with van der Waals surface area (Å²) < 4.78 is 23.5. The van der Waals surface area contributed by atoms with Gasteiger partial charge in [-0.15, -0.1) is 0 Å². The molecule has 0 spiro atoms. The predicted octanol–water partition coefficient (Wildman–Crippen LogP) is 3.61. The zero-order valence-corrected chi connectivity index (χ0v) is 16.1. The second-order valence-corrected chi connectivity index (χ2v) is 7.45. The molecule has 4 nitrogen and oxygen atoms in total. The second kappa shape index (κ2) is 7.92. The maximum atomic E-state index is 12.5. The Labute approximate surface area is 151 Å². The van der Waals surface area contributed by atoms with Crippen molar-refractivity contribution in [2.75, 3.05) is 20.0 Å². The first-order valence-corrected chi connectivity index (χ1v) is 9.25. The first-order valence-electron chi connectivity index (χ1n) is 6.86. The van der Waals surface area contributed by atoms with E-state index in [0.29, 0.717) is 25.5 Å². The summed E-state index contributed by atoms with van der Waals surface area (Å²) in [6, 6.07) is 10.7. The second-order valence-electron chi connectivity index (χ2n) is 4.92. The fourth-order valence-electron chi connectivity index (χ4n) is 2.01. The molecule has 0 unspecified atom stereocenters. The molecule has 0 aliphatic carbocycles. The Bertz CT molecular complexity index is 741. The summed E-state index contributed by atoms with van der Waals surface area (Å²) in [6.07, 6.45) is 0. The van der Waals surface area contributed by atoms with Crippen LogP contribution in [0.1, 0.15) is 15.9 Å². The Morgan fingerprint density at radius 3 is 2.35 bits per heavy atom. The lowest BCUT2D eigenvalue weighted by molar-refractivity contribution is 0.102. The molecule has 0 bridgehead atoms. The van der Waals surface area contributed by atoms with E-state index in [4.69, 9.17) is 9.47 Å². The number of benzene rings is 2. The first-order chi connectivity index (χ1) is 11.0. The lowest BCUT2D eigenvalue weighted by Gasteiger charge is -2.11. The number of carbonyl (C=O) groups is 1. The number of ketones is 1. The Morgan fingerprint density at radius 1 is 1.13 bits per heavy atom. The van der Waals surface area contributed by atoms with E-state index >= 15 is 0 Å². The highest BCUT2D eigenvalue weighted by Crippen LogP contribution is 2.30. The summed E-state index contributed by atoms with van der Waals surface area (Å²) in [7, 11) is 1.68. The van der Waals surface area contributed by atoms with Gasteiger partial charge in [-0.05, 0) is 47.7 Å². The van der Waals surface area contributed by atoms with Crippen LogP contribution < -0.4 is 9.47 Å². The standard InChI is InChI=1S/C17H17IO4S/c1-11-4-6-13(7-5-11)23(20)10-15(19)14-8-12(21-2)9-16(22-3)17(14)18/h4-9H,10H2,1-3H3/t23-/m1/s1. The van der Waals surface area contributed by atoms with E-state index in [1.807, 2.05) is 19.1 Å². The minimum Gasteiger partial charge on any atom is -0.497 e. The molecule has 0 radical (unpaired) electrons. The van der Waals surface area contributed by atoms with E-state index in [9.17, 15) is 9.00 Å². The molecule has 2 rings (SSSR count). The molecule has 0 fully saturated rings. The molecule has 0 heterocycles. The van der Waals surface area contributed by atoms with Crippen LogP contribution >= 0.6 is 22.6 Å². The normalized spacial score (nSPS) is 11.8. The minimum absolute atomic E-state index is 0.0740. The zero-order chi connectivity index (χ0) is 17.0. The Balaban J connectivity index is 2.26. The average molecular weight is 444 g/mol. The molecule has 1 atom stereocenters. The zero-order valence-electron chi connectivity index (χ0n) is 13.1. The van der Waals surface area contributed by atoms with Crippen molar-refractivity contribution >= 4 is 39.2 Å². The van der Waals surface area contributed by atoms with E-state index in [0.717, 1.165) is 5.56 Å². The van der Waals surface area contributed by atoms with Crippen LogP contribution in [-0.2, 0) is 10.8 Å². The van der Waals surface area contributed by atoms with E-state index in [1.165, 1.54) is 14.2 Å². The van der Waals surface area contributed by atoms with Crippen LogP contribution in [0.5, 0.6) is 11.5 Å². The van der Waals surface area contributed by atoms with Gasteiger partial charge in [0, 0.05) is 16.5 Å². The van der Waals surface area contributed by atoms with Crippen molar-refractivity contribution in [3.05, 3.63) is 51.1 Å². The molecule has 2 aromatic rings. The number of ether oxygens (including phenoxy) is 2. The van der Waals surface area contributed by atoms with E-state index < -0.39 is 10.8 Å². The fraction of sp³-hybridized carbons (Fsp3) is 0.235. The predicted molar refractivity (Wildman–Crippen MR) is 99.0 cm³/mol. The molecule has 0 saturated heterocycles. The fourth-order valence-corrected chi connectivity index (χ4v) is 3.84. The average Bonchev–Trinajstić information content (AvgIpc) is 2.55. The largest absolute Gasteiger partial charge is 0.497 e. The van der Waals surface area contributed by atoms with Crippen LogP contribution in [0.3, 0.4) is 0 Å². The van der Waals surface area contributed by atoms with Gasteiger partial charge in [0.25, 0.3) is 0 Å². The summed E-state index contributed by atoms with van der Waals surface area (Å²) in [5.74, 6) is 0.821. The molecular weight excluding hydrogens is 427 g/mol. The Kier molecular flexibility index (Phi) is 6.17. The van der Waals surface area contributed by atoms with Crippen molar-refractivity contribution in [2.45, 2.75) is 11.8 Å². The lowest BCUT2D eigenvalue weighted by atomic mass is 10.1. The van der Waals surface area contributed by atoms with Gasteiger partial charge in [0.15, 0.2) is 5.78 Å². The highest BCUT2D eigenvalue weighted by molar-refractivity contribution is 14.1. The lowest BCUT2D eigenvalue weighted by Crippen LogP contribution is -2.13. The Hall–Kier alpha value is -1.41. The molecule has 0 aliphatic rings. The Morgan fingerprint density at radius 2 is 1.78 bits per heavy atom. The van der Waals surface area contributed by atoms with Crippen LogP contribution in [0.25, 0.3) is 0 Å². The van der Waals surface area contributed by atoms with Gasteiger partial charge < -0.3 is 9.47 Å². The van der Waals surface area contributed by atoms with Gasteiger partial charge in [-0.25, -0.2) is 0 Å². The van der Waals surface area contributed by atoms with Crippen molar-refractivity contribution in [3.8, 4) is 11.5 Å². The topological polar surface area (TPSA) is 52.6 Å². The number of hydrogen-bond acceptors (Lipinski definition) is 4. The van der Waals surface area contributed by atoms with Crippen molar-refractivity contribution < 1.29 is 18.5 Å². The number of Topliss-reactive ketones (excluding diaryl/α,β-unsaturated/α-hetero) is 1. The van der Waals surface area contributed by atoms with E-state index in [2.05, 4.69) is 22.6 Å².